The van der Waals surface area contributed by atoms with Crippen LogP contribution >= 0.6 is 0 Å². The van der Waals surface area contributed by atoms with Gasteiger partial charge in [-0.2, -0.15) is 10.5 Å². The maximum atomic E-state index is 9.69. The second-order valence-corrected chi connectivity index (χ2v) is 22.1. The Kier molecular flexibility index (Phi) is 13.1. The van der Waals surface area contributed by atoms with Crippen molar-refractivity contribution in [2.45, 2.75) is 0 Å². The molecule has 0 aliphatic rings. The Morgan fingerprint density at radius 2 is 0.700 bits per heavy atom. The zero-order valence-electron chi connectivity index (χ0n) is 48.1. The van der Waals surface area contributed by atoms with Crippen molar-refractivity contribution >= 4 is 43.9 Å². The number of fused-ring (bicyclic) bond motifs is 6. The predicted molar refractivity (Wildman–Crippen MR) is 359 cm³/mol. The molecule has 4 aromatic heterocycles. The molecule has 0 radical (unpaired) electrons. The van der Waals surface area contributed by atoms with Crippen molar-refractivity contribution in [3.63, 3.8) is 0 Å². The Hall–Kier alpha value is -12.7. The van der Waals surface area contributed by atoms with Crippen LogP contribution in [0.25, 0.3) is 168 Å². The topological polar surface area (TPSA) is 138 Å². The zero-order chi connectivity index (χ0) is 60.1. The average molecular weight is 1150 g/mol. The molecular weight excluding hydrogens is 1100 g/mol. The second kappa shape index (κ2) is 22.3. The second-order valence-electron chi connectivity index (χ2n) is 22.1. The summed E-state index contributed by atoms with van der Waals surface area (Å²) in [7, 11) is 0. The summed E-state index contributed by atoms with van der Waals surface area (Å²) >= 11 is 0. The molecule has 0 aliphatic carbocycles. The molecule has 4 heterocycles. The van der Waals surface area contributed by atoms with Crippen LogP contribution in [0.3, 0.4) is 0 Å². The first-order valence-corrected chi connectivity index (χ1v) is 29.6. The number of benzene rings is 12. The highest BCUT2D eigenvalue weighted by atomic mass is 16.3. The highest BCUT2D eigenvalue weighted by Gasteiger charge is 2.25. The Bertz CT molecular complexity index is 5460. The third-order valence-electron chi connectivity index (χ3n) is 16.7. The summed E-state index contributed by atoms with van der Waals surface area (Å²) in [5.41, 5.74) is 20.6. The fourth-order valence-corrected chi connectivity index (χ4v) is 12.2. The van der Waals surface area contributed by atoms with Crippen LogP contribution in [0, 0.1) is 22.7 Å². The van der Waals surface area contributed by atoms with E-state index in [0.29, 0.717) is 45.6 Å². The molecular formula is C81H47N7O2. The van der Waals surface area contributed by atoms with Crippen molar-refractivity contribution in [3.8, 4) is 136 Å². The van der Waals surface area contributed by atoms with Gasteiger partial charge in [0.1, 0.15) is 22.3 Å². The molecule has 0 saturated carbocycles. The van der Waals surface area contributed by atoms with Gasteiger partial charge in [-0.3, -0.25) is 0 Å². The van der Waals surface area contributed by atoms with E-state index in [9.17, 15) is 10.5 Å². The van der Waals surface area contributed by atoms with Crippen molar-refractivity contribution < 1.29 is 8.83 Å². The molecule has 16 aromatic rings. The molecule has 0 saturated heterocycles. The summed E-state index contributed by atoms with van der Waals surface area (Å²) < 4.78 is 13.9. The fourth-order valence-electron chi connectivity index (χ4n) is 12.2. The minimum absolute atomic E-state index is 0.446. The highest BCUT2D eigenvalue weighted by molar-refractivity contribution is 6.19. The van der Waals surface area contributed by atoms with Gasteiger partial charge in [-0.1, -0.05) is 218 Å². The molecule has 0 unspecified atom stereocenters. The largest absolute Gasteiger partial charge is 0.455 e. The van der Waals surface area contributed by atoms with Gasteiger partial charge in [0.05, 0.1) is 40.2 Å². The standard InChI is InChI=1S/C81H47N7O2/c82-48-50-27-31-52(32-28-50)53-35-37-55(38-36-53)66-46-67(75-65-24-11-13-26-73(65)90-77(75)74(66)58-41-39-57(40-42-58)71-47-70(56-15-4-1-5-16-56)84-78(85-71)59-17-6-2-7-18-59)61-21-14-22-62(43-61)80-86-79(60-19-8-3-9-20-60)87-81(88-80)69-45-63(54-33-29-51(49-83)30-34-54)44-68-64-23-10-12-25-72(64)89-76(68)69/h1-47H. The molecule has 16 rings (SSSR count). The molecule has 418 valence electrons. The summed E-state index contributed by atoms with van der Waals surface area (Å²) in [6, 6.07) is 101. The molecule has 0 fully saturated rings. The fraction of sp³-hybridized carbons (Fsp3) is 0. The molecule has 0 spiro atoms. The van der Waals surface area contributed by atoms with Crippen molar-refractivity contribution in [2.75, 3.05) is 0 Å². The molecule has 0 N–H and O–H groups in total. The van der Waals surface area contributed by atoms with E-state index in [1.165, 1.54) is 0 Å². The lowest BCUT2D eigenvalue weighted by atomic mass is 9.86. The summed E-state index contributed by atoms with van der Waals surface area (Å²) in [4.78, 5) is 26.1. The lowest BCUT2D eigenvalue weighted by Crippen LogP contribution is -2.01. The number of aromatic nitrogens is 5. The average Bonchev–Trinajstić information content (AvgIpc) is 1.54. The smallest absolute Gasteiger partial charge is 0.167 e. The van der Waals surface area contributed by atoms with E-state index in [1.807, 2.05) is 164 Å². The number of nitriles is 2. The van der Waals surface area contributed by atoms with E-state index in [4.69, 9.17) is 33.8 Å². The first kappa shape index (κ1) is 52.8. The maximum absolute atomic E-state index is 9.69. The molecule has 0 amide bonds. The van der Waals surface area contributed by atoms with Crippen LogP contribution in [-0.2, 0) is 0 Å². The summed E-state index contributed by atoms with van der Waals surface area (Å²) in [6.45, 7) is 0. The Balaban J connectivity index is 0.883. The van der Waals surface area contributed by atoms with Crippen LogP contribution in [-0.4, -0.2) is 24.9 Å². The Labute approximate surface area is 517 Å². The minimum Gasteiger partial charge on any atom is -0.455 e. The number of hydrogen-bond acceptors (Lipinski definition) is 9. The molecule has 9 heteroatoms. The van der Waals surface area contributed by atoms with Crippen molar-refractivity contribution in [2.24, 2.45) is 0 Å². The normalized spacial score (nSPS) is 11.3. The van der Waals surface area contributed by atoms with Crippen LogP contribution in [0.5, 0.6) is 0 Å². The number of para-hydroxylation sites is 2. The predicted octanol–water partition coefficient (Wildman–Crippen LogP) is 20.5. The van der Waals surface area contributed by atoms with Gasteiger partial charge in [-0.25, -0.2) is 24.9 Å². The number of hydrogen-bond donors (Lipinski definition) is 0. The summed E-state index contributed by atoms with van der Waals surface area (Å²) in [6.07, 6.45) is 0. The lowest BCUT2D eigenvalue weighted by molar-refractivity contribution is 0.669. The maximum Gasteiger partial charge on any atom is 0.167 e. The van der Waals surface area contributed by atoms with Crippen LogP contribution < -0.4 is 0 Å². The Morgan fingerprint density at radius 3 is 1.32 bits per heavy atom. The van der Waals surface area contributed by atoms with Crippen LogP contribution in [0.1, 0.15) is 11.1 Å². The molecule has 9 nitrogen and oxygen atoms in total. The first-order chi connectivity index (χ1) is 44.5. The highest BCUT2D eigenvalue weighted by Crippen LogP contribution is 2.48. The van der Waals surface area contributed by atoms with E-state index < -0.39 is 0 Å². The van der Waals surface area contributed by atoms with E-state index in [1.54, 1.807) is 0 Å². The van der Waals surface area contributed by atoms with Gasteiger partial charge in [0.2, 0.25) is 0 Å². The number of nitrogens with zero attached hydrogens (tertiary/aromatic N) is 7. The minimum atomic E-state index is 0.446. The van der Waals surface area contributed by atoms with Gasteiger partial charge in [0.25, 0.3) is 0 Å². The van der Waals surface area contributed by atoms with Crippen LogP contribution in [0.4, 0.5) is 0 Å². The van der Waals surface area contributed by atoms with Gasteiger partial charge in [0, 0.05) is 54.9 Å². The van der Waals surface area contributed by atoms with E-state index in [0.717, 1.165) is 133 Å². The lowest BCUT2D eigenvalue weighted by Gasteiger charge is -2.17. The SMILES string of the molecule is N#Cc1ccc(-c2ccc(-c3cc(-c4cccc(-c5nc(-c6ccccc6)nc(-c6cc(-c7ccc(C#N)cc7)cc7c6oc6ccccc67)n5)c4)c4c(oc5ccccc54)c3-c3ccc(-c4cc(-c5ccccc5)nc(-c5ccccc5)n4)cc3)cc2)cc1. The zero-order valence-corrected chi connectivity index (χ0v) is 48.1. The van der Waals surface area contributed by atoms with Gasteiger partial charge in [-0.15, -0.1) is 0 Å². The quantitative estimate of drug-likeness (QED) is 0.124. The van der Waals surface area contributed by atoms with Gasteiger partial charge in [-0.05, 0) is 117 Å². The van der Waals surface area contributed by atoms with Crippen molar-refractivity contribution in [3.05, 3.63) is 296 Å². The number of furan rings is 2. The van der Waals surface area contributed by atoms with Gasteiger partial charge in [0.15, 0.2) is 23.3 Å². The van der Waals surface area contributed by atoms with E-state index in [2.05, 4.69) is 133 Å². The summed E-state index contributed by atoms with van der Waals surface area (Å²) in [5.74, 6) is 2.08. The van der Waals surface area contributed by atoms with Gasteiger partial charge < -0.3 is 8.83 Å². The van der Waals surface area contributed by atoms with Crippen molar-refractivity contribution in [1.29, 1.82) is 10.5 Å². The monoisotopic (exact) mass is 1150 g/mol. The third-order valence-corrected chi connectivity index (χ3v) is 16.7. The van der Waals surface area contributed by atoms with Crippen molar-refractivity contribution in [1.82, 2.24) is 24.9 Å². The molecule has 0 atom stereocenters. The van der Waals surface area contributed by atoms with E-state index in [-0.39, 0.29) is 0 Å². The Morgan fingerprint density at radius 1 is 0.256 bits per heavy atom. The third kappa shape index (κ3) is 9.68. The number of rotatable bonds is 11. The molecule has 90 heavy (non-hydrogen) atoms. The van der Waals surface area contributed by atoms with E-state index >= 15 is 0 Å². The van der Waals surface area contributed by atoms with Crippen LogP contribution in [0.2, 0.25) is 0 Å². The molecule has 0 aliphatic heterocycles. The molecule has 0 bridgehead atoms. The first-order valence-electron chi connectivity index (χ1n) is 29.6. The molecule has 12 aromatic carbocycles. The van der Waals surface area contributed by atoms with Crippen LogP contribution in [0.15, 0.2) is 294 Å². The summed E-state index contributed by atoms with van der Waals surface area (Å²) in [5, 5.41) is 23.1. The van der Waals surface area contributed by atoms with Gasteiger partial charge >= 0.3 is 0 Å².